The van der Waals surface area contributed by atoms with E-state index in [4.69, 9.17) is 9.15 Å². The van der Waals surface area contributed by atoms with Crippen molar-refractivity contribution in [1.82, 2.24) is 15.5 Å². The number of halogens is 2. The Morgan fingerprint density at radius 3 is 2.81 bits per heavy atom. The third kappa shape index (κ3) is 4.76. The third-order valence-corrected chi connectivity index (χ3v) is 2.65. The molecule has 1 heterocycles. The van der Waals surface area contributed by atoms with Crippen LogP contribution in [0.25, 0.3) is 0 Å². The molecule has 0 aliphatic rings. The van der Waals surface area contributed by atoms with E-state index in [1.54, 1.807) is 7.11 Å². The molecule has 0 saturated heterocycles. The first-order chi connectivity index (χ1) is 10.2. The molecule has 21 heavy (non-hydrogen) atoms. The molecule has 6 nitrogen and oxygen atoms in total. The van der Waals surface area contributed by atoms with Crippen LogP contribution in [0.5, 0.6) is 0 Å². The highest BCUT2D eigenvalue weighted by Crippen LogP contribution is 2.11. The van der Waals surface area contributed by atoms with Crippen LogP contribution in [0.1, 0.15) is 11.5 Å². The van der Waals surface area contributed by atoms with E-state index in [9.17, 15) is 8.78 Å². The van der Waals surface area contributed by atoms with Gasteiger partial charge >= 0.3 is 6.01 Å². The van der Waals surface area contributed by atoms with Crippen molar-refractivity contribution in [1.29, 1.82) is 0 Å². The van der Waals surface area contributed by atoms with Gasteiger partial charge in [-0.3, -0.25) is 0 Å². The highest BCUT2D eigenvalue weighted by atomic mass is 19.2. The second-order valence-corrected chi connectivity index (χ2v) is 4.27. The van der Waals surface area contributed by atoms with Gasteiger partial charge in [-0.05, 0) is 17.7 Å². The number of nitrogens with zero attached hydrogens (tertiary/aromatic N) is 2. The fourth-order valence-corrected chi connectivity index (χ4v) is 1.59. The highest BCUT2D eigenvalue weighted by molar-refractivity contribution is 5.24. The van der Waals surface area contributed by atoms with Crippen LogP contribution in [0.2, 0.25) is 0 Å². The molecule has 0 amide bonds. The Bertz CT molecular complexity index is 577. The Balaban J connectivity index is 1.80. The Kier molecular flexibility index (Phi) is 5.59. The first kappa shape index (κ1) is 15.3. The molecular formula is C13H16F2N4O2. The van der Waals surface area contributed by atoms with Gasteiger partial charge in [-0.2, -0.15) is 0 Å². The average molecular weight is 298 g/mol. The molecule has 0 spiro atoms. The summed E-state index contributed by atoms with van der Waals surface area (Å²) in [7, 11) is 1.62. The number of aromatic nitrogens is 2. The summed E-state index contributed by atoms with van der Waals surface area (Å²) in [5, 5.41) is 13.6. The molecule has 0 radical (unpaired) electrons. The van der Waals surface area contributed by atoms with Gasteiger partial charge in [0.2, 0.25) is 5.89 Å². The Labute approximate surface area is 120 Å². The quantitative estimate of drug-likeness (QED) is 0.723. The van der Waals surface area contributed by atoms with Crippen LogP contribution in [0, 0.1) is 11.6 Å². The molecule has 8 heteroatoms. The van der Waals surface area contributed by atoms with Gasteiger partial charge in [0.25, 0.3) is 0 Å². The van der Waals surface area contributed by atoms with Crippen molar-refractivity contribution >= 4 is 6.01 Å². The zero-order valence-corrected chi connectivity index (χ0v) is 11.5. The summed E-state index contributed by atoms with van der Waals surface area (Å²) >= 11 is 0. The lowest BCUT2D eigenvalue weighted by molar-refractivity contribution is 0.198. The van der Waals surface area contributed by atoms with Crippen LogP contribution in [-0.4, -0.2) is 30.5 Å². The maximum atomic E-state index is 13.0. The third-order valence-electron chi connectivity index (χ3n) is 2.65. The summed E-state index contributed by atoms with van der Waals surface area (Å²) < 4.78 is 36.1. The van der Waals surface area contributed by atoms with Gasteiger partial charge in [0, 0.05) is 20.2 Å². The Hall–Kier alpha value is -2.06. The molecule has 0 aliphatic heterocycles. The first-order valence-electron chi connectivity index (χ1n) is 6.39. The van der Waals surface area contributed by atoms with Gasteiger partial charge in [-0.25, -0.2) is 8.78 Å². The molecule has 1 aromatic carbocycles. The first-order valence-corrected chi connectivity index (χ1v) is 6.39. The van der Waals surface area contributed by atoms with E-state index in [0.29, 0.717) is 31.2 Å². The SMILES string of the molecule is COCCNCc1nnc(NCc2ccc(F)c(F)c2)o1. The number of hydrogen-bond acceptors (Lipinski definition) is 6. The summed E-state index contributed by atoms with van der Waals surface area (Å²) in [6.45, 7) is 1.96. The molecule has 0 bridgehead atoms. The van der Waals surface area contributed by atoms with Crippen molar-refractivity contribution in [2.45, 2.75) is 13.1 Å². The van der Waals surface area contributed by atoms with E-state index < -0.39 is 11.6 Å². The molecule has 0 fully saturated rings. The van der Waals surface area contributed by atoms with Crippen molar-refractivity contribution in [3.05, 3.63) is 41.3 Å². The van der Waals surface area contributed by atoms with Gasteiger partial charge in [-0.15, -0.1) is 5.10 Å². The number of anilines is 1. The second-order valence-electron chi connectivity index (χ2n) is 4.27. The number of hydrogen-bond donors (Lipinski definition) is 2. The molecule has 2 aromatic rings. The van der Waals surface area contributed by atoms with Crippen LogP contribution < -0.4 is 10.6 Å². The lowest BCUT2D eigenvalue weighted by atomic mass is 10.2. The summed E-state index contributed by atoms with van der Waals surface area (Å²) in [5.74, 6) is -1.33. The van der Waals surface area contributed by atoms with Crippen molar-refractivity contribution in [2.24, 2.45) is 0 Å². The molecule has 114 valence electrons. The van der Waals surface area contributed by atoms with Crippen LogP contribution in [-0.2, 0) is 17.8 Å². The van der Waals surface area contributed by atoms with Crippen LogP contribution >= 0.6 is 0 Å². The monoisotopic (exact) mass is 298 g/mol. The molecule has 1 aromatic heterocycles. The topological polar surface area (TPSA) is 72.2 Å². The van der Waals surface area contributed by atoms with Gasteiger partial charge in [0.05, 0.1) is 13.2 Å². The maximum absolute atomic E-state index is 13.0. The van der Waals surface area contributed by atoms with Crippen molar-refractivity contribution in [3.8, 4) is 0 Å². The number of ether oxygens (including phenoxy) is 1. The predicted molar refractivity (Wildman–Crippen MR) is 71.6 cm³/mol. The van der Waals surface area contributed by atoms with E-state index in [-0.39, 0.29) is 12.6 Å². The second kappa shape index (κ2) is 7.65. The molecule has 0 aliphatic carbocycles. The van der Waals surface area contributed by atoms with Gasteiger partial charge in [-0.1, -0.05) is 11.2 Å². The fraction of sp³-hybridized carbons (Fsp3) is 0.385. The van der Waals surface area contributed by atoms with Crippen LogP contribution in [0.15, 0.2) is 22.6 Å². The molecule has 0 atom stereocenters. The molecular weight excluding hydrogens is 282 g/mol. The number of benzene rings is 1. The fourth-order valence-electron chi connectivity index (χ4n) is 1.59. The van der Waals surface area contributed by atoms with Crippen LogP contribution in [0.3, 0.4) is 0 Å². The van der Waals surface area contributed by atoms with E-state index in [2.05, 4.69) is 20.8 Å². The largest absolute Gasteiger partial charge is 0.407 e. The molecule has 0 saturated carbocycles. The lowest BCUT2D eigenvalue weighted by Crippen LogP contribution is -2.18. The summed E-state index contributed by atoms with van der Waals surface area (Å²) in [4.78, 5) is 0. The van der Waals surface area contributed by atoms with Gasteiger partial charge in [0.1, 0.15) is 0 Å². The maximum Gasteiger partial charge on any atom is 0.315 e. The minimum atomic E-state index is -0.886. The normalized spacial score (nSPS) is 10.8. The van der Waals surface area contributed by atoms with Crippen molar-refractivity contribution in [2.75, 3.05) is 25.6 Å². The van der Waals surface area contributed by atoms with Crippen LogP contribution in [0.4, 0.5) is 14.8 Å². The summed E-state index contributed by atoms with van der Waals surface area (Å²) in [5.41, 5.74) is 0.576. The number of methoxy groups -OCH3 is 1. The Morgan fingerprint density at radius 2 is 2.05 bits per heavy atom. The smallest absolute Gasteiger partial charge is 0.315 e. The standard InChI is InChI=1S/C13H16F2N4O2/c1-20-5-4-16-8-12-18-19-13(21-12)17-7-9-2-3-10(14)11(15)6-9/h2-3,6,16H,4-5,7-8H2,1H3,(H,17,19). The average Bonchev–Trinajstić information content (AvgIpc) is 2.93. The molecule has 2 rings (SSSR count). The Morgan fingerprint density at radius 1 is 1.19 bits per heavy atom. The van der Waals surface area contributed by atoms with Gasteiger partial charge in [0.15, 0.2) is 11.6 Å². The zero-order chi connectivity index (χ0) is 15.1. The lowest BCUT2D eigenvalue weighted by Gasteiger charge is -2.02. The van der Waals surface area contributed by atoms with Crippen molar-refractivity contribution in [3.63, 3.8) is 0 Å². The number of rotatable bonds is 8. The molecule has 0 unspecified atom stereocenters. The number of nitrogens with one attached hydrogen (secondary N) is 2. The summed E-state index contributed by atoms with van der Waals surface area (Å²) in [6.07, 6.45) is 0. The zero-order valence-electron chi connectivity index (χ0n) is 11.5. The van der Waals surface area contributed by atoms with Gasteiger partial charge < -0.3 is 19.8 Å². The van der Waals surface area contributed by atoms with E-state index in [1.807, 2.05) is 0 Å². The van der Waals surface area contributed by atoms with E-state index in [0.717, 1.165) is 12.1 Å². The highest BCUT2D eigenvalue weighted by Gasteiger charge is 2.06. The predicted octanol–water partition coefficient (Wildman–Crippen LogP) is 1.70. The summed E-state index contributed by atoms with van der Waals surface area (Å²) in [6, 6.07) is 3.90. The molecule has 2 N–H and O–H groups in total. The minimum absolute atomic E-state index is 0.225. The minimum Gasteiger partial charge on any atom is -0.407 e. The van der Waals surface area contributed by atoms with E-state index in [1.165, 1.54) is 6.07 Å². The van der Waals surface area contributed by atoms with Crippen molar-refractivity contribution < 1.29 is 17.9 Å². The van der Waals surface area contributed by atoms with E-state index >= 15 is 0 Å².